The summed E-state index contributed by atoms with van der Waals surface area (Å²) in [7, 11) is -1.62. The quantitative estimate of drug-likeness (QED) is 0.776. The zero-order chi connectivity index (χ0) is 20.6. The Labute approximate surface area is 172 Å². The van der Waals surface area contributed by atoms with Gasteiger partial charge < -0.3 is 9.80 Å². The van der Waals surface area contributed by atoms with Gasteiger partial charge in [-0.05, 0) is 56.1 Å². The minimum atomic E-state index is -3.61. The highest BCUT2D eigenvalue weighted by atomic mass is 32.2. The smallest absolute Gasteiger partial charge is 0.258 e. The Kier molecular flexibility index (Phi) is 5.46. The van der Waals surface area contributed by atoms with Crippen LogP contribution in [0.15, 0.2) is 47.4 Å². The first-order chi connectivity index (χ1) is 13.9. The number of fused-ring (bicyclic) bond motifs is 1. The summed E-state index contributed by atoms with van der Waals surface area (Å²) in [5, 5.41) is 0. The van der Waals surface area contributed by atoms with Crippen molar-refractivity contribution >= 4 is 21.6 Å². The molecule has 29 heavy (non-hydrogen) atoms. The van der Waals surface area contributed by atoms with E-state index in [2.05, 4.69) is 11.0 Å². The summed E-state index contributed by atoms with van der Waals surface area (Å²) in [6, 6.07) is 12.9. The van der Waals surface area contributed by atoms with Crippen molar-refractivity contribution in [3.8, 4) is 0 Å². The number of anilines is 1. The second-order valence-corrected chi connectivity index (χ2v) is 9.81. The van der Waals surface area contributed by atoms with Crippen LogP contribution in [-0.2, 0) is 16.4 Å². The first-order valence-corrected chi connectivity index (χ1v) is 11.5. The monoisotopic (exact) mass is 413 g/mol. The minimum Gasteiger partial charge on any atom is -0.308 e. The van der Waals surface area contributed by atoms with Gasteiger partial charge in [0.05, 0.1) is 4.90 Å². The number of para-hydroxylation sites is 1. The molecule has 0 atom stereocenters. The first-order valence-electron chi connectivity index (χ1n) is 10.1. The van der Waals surface area contributed by atoms with Gasteiger partial charge in [0.2, 0.25) is 10.0 Å². The van der Waals surface area contributed by atoms with Crippen LogP contribution in [0, 0.1) is 6.92 Å². The van der Waals surface area contributed by atoms with E-state index < -0.39 is 10.0 Å². The maximum Gasteiger partial charge on any atom is 0.258 e. The van der Waals surface area contributed by atoms with E-state index in [1.807, 2.05) is 32.2 Å². The highest BCUT2D eigenvalue weighted by Crippen LogP contribution is 2.29. The van der Waals surface area contributed by atoms with Gasteiger partial charge in [-0.2, -0.15) is 4.31 Å². The number of amides is 1. The number of carbonyl (C=O) groups excluding carboxylic acids is 1. The molecular weight excluding hydrogens is 386 g/mol. The lowest BCUT2D eigenvalue weighted by atomic mass is 10.00. The van der Waals surface area contributed by atoms with Gasteiger partial charge in [-0.3, -0.25) is 4.79 Å². The van der Waals surface area contributed by atoms with Gasteiger partial charge >= 0.3 is 0 Å². The maximum absolute atomic E-state index is 13.4. The second-order valence-electron chi connectivity index (χ2n) is 7.87. The van der Waals surface area contributed by atoms with Crippen molar-refractivity contribution in [2.45, 2.75) is 24.7 Å². The number of rotatable bonds is 3. The van der Waals surface area contributed by atoms with Crippen LogP contribution in [0.3, 0.4) is 0 Å². The van der Waals surface area contributed by atoms with Crippen LogP contribution in [0.5, 0.6) is 0 Å². The van der Waals surface area contributed by atoms with Crippen molar-refractivity contribution < 1.29 is 13.2 Å². The zero-order valence-electron chi connectivity index (χ0n) is 17.0. The number of benzene rings is 2. The number of hydrogen-bond donors (Lipinski definition) is 0. The molecule has 2 aromatic carbocycles. The lowest BCUT2D eigenvalue weighted by Gasteiger charge is -2.32. The number of carbonyl (C=O) groups is 1. The Morgan fingerprint density at radius 1 is 0.966 bits per heavy atom. The van der Waals surface area contributed by atoms with Crippen LogP contribution < -0.4 is 4.90 Å². The third kappa shape index (κ3) is 3.82. The van der Waals surface area contributed by atoms with Crippen molar-refractivity contribution in [1.29, 1.82) is 0 Å². The van der Waals surface area contributed by atoms with Crippen LogP contribution in [0.2, 0.25) is 0 Å². The molecule has 2 heterocycles. The Morgan fingerprint density at radius 3 is 2.45 bits per heavy atom. The van der Waals surface area contributed by atoms with Crippen molar-refractivity contribution in [2.24, 2.45) is 0 Å². The molecule has 1 saturated heterocycles. The molecule has 4 rings (SSSR count). The molecule has 0 unspecified atom stereocenters. The molecule has 154 valence electrons. The van der Waals surface area contributed by atoms with E-state index in [-0.39, 0.29) is 10.8 Å². The average Bonchev–Trinajstić information content (AvgIpc) is 2.73. The number of likely N-dealkylation sites (N-methyl/N-ethyl adjacent to an activating group) is 1. The standard InChI is InChI=1S/C22H27N3O3S/c1-17-9-10-19(29(27,28)24-14-12-23(2)13-15-24)16-20(17)22(26)25-11-5-7-18-6-3-4-8-21(18)25/h3-4,6,8-10,16H,5,7,11-15H2,1-2H3. The fraction of sp³-hybridized carbons (Fsp3) is 0.409. The molecule has 0 saturated carbocycles. The van der Waals surface area contributed by atoms with E-state index in [1.54, 1.807) is 23.1 Å². The summed E-state index contributed by atoms with van der Waals surface area (Å²) in [6.07, 6.45) is 1.86. The van der Waals surface area contributed by atoms with Crippen LogP contribution in [0.4, 0.5) is 5.69 Å². The molecule has 2 aliphatic rings. The van der Waals surface area contributed by atoms with Crippen molar-refractivity contribution in [3.63, 3.8) is 0 Å². The lowest BCUT2D eigenvalue weighted by Crippen LogP contribution is -2.47. The van der Waals surface area contributed by atoms with E-state index in [0.29, 0.717) is 38.3 Å². The minimum absolute atomic E-state index is 0.134. The van der Waals surface area contributed by atoms with Gasteiger partial charge in [-0.1, -0.05) is 24.3 Å². The summed E-state index contributed by atoms with van der Waals surface area (Å²) in [6.45, 7) is 4.86. The highest BCUT2D eigenvalue weighted by Gasteiger charge is 2.30. The number of aryl methyl sites for hydroxylation is 2. The zero-order valence-corrected chi connectivity index (χ0v) is 17.8. The Hall–Kier alpha value is -2.22. The Morgan fingerprint density at radius 2 is 1.69 bits per heavy atom. The SMILES string of the molecule is Cc1ccc(S(=O)(=O)N2CCN(C)CC2)cc1C(=O)N1CCCc2ccccc21. The van der Waals surface area contributed by atoms with E-state index in [4.69, 9.17) is 0 Å². The van der Waals surface area contributed by atoms with Gasteiger partial charge in [0, 0.05) is 44.0 Å². The van der Waals surface area contributed by atoms with Crippen molar-refractivity contribution in [2.75, 3.05) is 44.7 Å². The summed E-state index contributed by atoms with van der Waals surface area (Å²) in [4.78, 5) is 17.5. The number of nitrogens with zero attached hydrogens (tertiary/aromatic N) is 3. The van der Waals surface area contributed by atoms with Gasteiger partial charge in [-0.15, -0.1) is 0 Å². The topological polar surface area (TPSA) is 60.9 Å². The van der Waals surface area contributed by atoms with Gasteiger partial charge in [-0.25, -0.2) is 8.42 Å². The van der Waals surface area contributed by atoms with Crippen LogP contribution in [0.1, 0.15) is 27.9 Å². The Bertz CT molecular complexity index is 1030. The van der Waals surface area contributed by atoms with Gasteiger partial charge in [0.25, 0.3) is 5.91 Å². The number of sulfonamides is 1. The van der Waals surface area contributed by atoms with Crippen LogP contribution in [-0.4, -0.2) is 63.3 Å². The second kappa shape index (κ2) is 7.89. The van der Waals surface area contributed by atoms with Crippen LogP contribution in [0.25, 0.3) is 0 Å². The molecule has 1 amide bonds. The molecule has 0 N–H and O–H groups in total. The number of hydrogen-bond acceptors (Lipinski definition) is 4. The van der Waals surface area contributed by atoms with Crippen LogP contribution >= 0.6 is 0 Å². The molecule has 0 bridgehead atoms. The summed E-state index contributed by atoms with van der Waals surface area (Å²) < 4.78 is 27.8. The predicted molar refractivity (Wildman–Crippen MR) is 114 cm³/mol. The molecule has 1 fully saturated rings. The maximum atomic E-state index is 13.4. The number of piperazine rings is 1. The Balaban J connectivity index is 1.67. The lowest BCUT2D eigenvalue weighted by molar-refractivity contribution is 0.0984. The molecule has 2 aromatic rings. The van der Waals surface area contributed by atoms with Gasteiger partial charge in [0.15, 0.2) is 0 Å². The molecule has 6 nitrogen and oxygen atoms in total. The van der Waals surface area contributed by atoms with E-state index in [0.717, 1.165) is 29.7 Å². The fourth-order valence-electron chi connectivity index (χ4n) is 4.06. The molecule has 2 aliphatic heterocycles. The fourth-order valence-corrected chi connectivity index (χ4v) is 5.51. The van der Waals surface area contributed by atoms with E-state index in [9.17, 15) is 13.2 Å². The third-order valence-corrected chi connectivity index (χ3v) is 7.79. The average molecular weight is 414 g/mol. The van der Waals surface area contributed by atoms with Crippen molar-refractivity contribution in [3.05, 3.63) is 59.2 Å². The summed E-state index contributed by atoms with van der Waals surface area (Å²) in [5.74, 6) is -0.134. The largest absolute Gasteiger partial charge is 0.308 e. The van der Waals surface area contributed by atoms with Crippen molar-refractivity contribution in [1.82, 2.24) is 9.21 Å². The molecule has 0 spiro atoms. The third-order valence-electron chi connectivity index (χ3n) is 5.89. The molecule has 0 aromatic heterocycles. The van der Waals surface area contributed by atoms with E-state index in [1.165, 1.54) is 4.31 Å². The first kappa shape index (κ1) is 20.1. The summed E-state index contributed by atoms with van der Waals surface area (Å²) >= 11 is 0. The highest BCUT2D eigenvalue weighted by molar-refractivity contribution is 7.89. The molecule has 7 heteroatoms. The molecule has 0 aliphatic carbocycles. The molecular formula is C22H27N3O3S. The molecule has 0 radical (unpaired) electrons. The van der Waals surface area contributed by atoms with Gasteiger partial charge in [0.1, 0.15) is 0 Å². The predicted octanol–water partition coefficient (Wildman–Crippen LogP) is 2.52. The normalized spacial score (nSPS) is 18.5. The van der Waals surface area contributed by atoms with E-state index >= 15 is 0 Å². The summed E-state index contributed by atoms with van der Waals surface area (Å²) in [5.41, 5.74) is 3.33.